The molecule has 1 aromatic carbocycles. The fourth-order valence-electron chi connectivity index (χ4n) is 1.87. The Bertz CT molecular complexity index is 560. The van der Waals surface area contributed by atoms with Crippen LogP contribution in [0.3, 0.4) is 0 Å². The monoisotopic (exact) mass is 257 g/mol. The zero-order chi connectivity index (χ0) is 13.9. The molecule has 1 unspecified atom stereocenters. The van der Waals surface area contributed by atoms with Crippen LogP contribution in [-0.2, 0) is 9.53 Å². The molecule has 4 nitrogen and oxygen atoms in total. The van der Waals surface area contributed by atoms with E-state index in [0.717, 1.165) is 0 Å². The van der Waals surface area contributed by atoms with Crippen LogP contribution in [0.25, 0.3) is 0 Å². The molecule has 1 atom stereocenters. The summed E-state index contributed by atoms with van der Waals surface area (Å²) in [5.41, 5.74) is -0.159. The van der Waals surface area contributed by atoms with E-state index in [0.29, 0.717) is 5.56 Å². The number of ketones is 1. The first kappa shape index (κ1) is 13.1. The molecule has 0 aliphatic heterocycles. The summed E-state index contributed by atoms with van der Waals surface area (Å²) in [6.45, 7) is 1.80. The van der Waals surface area contributed by atoms with Crippen molar-refractivity contribution >= 4 is 11.7 Å². The van der Waals surface area contributed by atoms with E-state index in [1.807, 2.05) is 6.07 Å². The van der Waals surface area contributed by atoms with Crippen LogP contribution in [0.15, 0.2) is 54.3 Å². The van der Waals surface area contributed by atoms with Crippen molar-refractivity contribution < 1.29 is 14.3 Å². The van der Waals surface area contributed by atoms with E-state index in [1.165, 1.54) is 13.2 Å². The molecule has 0 fully saturated rings. The minimum Gasteiger partial charge on any atom is -0.493 e. The number of carbonyl (C=O) groups is 2. The van der Waals surface area contributed by atoms with Crippen molar-refractivity contribution in [3.05, 3.63) is 59.9 Å². The first-order valence-electron chi connectivity index (χ1n) is 5.92. The number of hydrogen-bond donors (Lipinski definition) is 1. The second-order valence-corrected chi connectivity index (χ2v) is 4.51. The highest BCUT2D eigenvalue weighted by atomic mass is 16.5. The van der Waals surface area contributed by atoms with Crippen LogP contribution in [0, 0.1) is 0 Å². The predicted octanol–water partition coefficient (Wildman–Crippen LogP) is 1.84. The number of ether oxygens (including phenoxy) is 1. The molecule has 4 heteroatoms. The predicted molar refractivity (Wildman–Crippen MR) is 71.6 cm³/mol. The number of amides is 1. The maximum absolute atomic E-state index is 12.1. The third-order valence-corrected chi connectivity index (χ3v) is 2.89. The SMILES string of the molecule is COC1=CC(C)(NC(=O)c2ccccc2)C=CC1=O. The van der Waals surface area contributed by atoms with E-state index in [-0.39, 0.29) is 17.4 Å². The summed E-state index contributed by atoms with van der Waals surface area (Å²) >= 11 is 0. The van der Waals surface area contributed by atoms with Crippen molar-refractivity contribution in [3.8, 4) is 0 Å². The van der Waals surface area contributed by atoms with Crippen molar-refractivity contribution in [1.82, 2.24) is 5.32 Å². The number of rotatable bonds is 3. The molecule has 1 aliphatic rings. The fourth-order valence-corrected chi connectivity index (χ4v) is 1.87. The van der Waals surface area contributed by atoms with Gasteiger partial charge in [0.1, 0.15) is 0 Å². The van der Waals surface area contributed by atoms with E-state index in [2.05, 4.69) is 5.32 Å². The lowest BCUT2D eigenvalue weighted by atomic mass is 9.94. The molecule has 19 heavy (non-hydrogen) atoms. The highest BCUT2D eigenvalue weighted by Crippen LogP contribution is 2.19. The Morgan fingerprint density at radius 1 is 1.26 bits per heavy atom. The highest BCUT2D eigenvalue weighted by Gasteiger charge is 2.27. The third kappa shape index (κ3) is 2.91. The summed E-state index contributed by atoms with van der Waals surface area (Å²) in [4.78, 5) is 23.6. The van der Waals surface area contributed by atoms with Gasteiger partial charge in [0.05, 0.1) is 12.6 Å². The second-order valence-electron chi connectivity index (χ2n) is 4.51. The van der Waals surface area contributed by atoms with Gasteiger partial charge in [-0.1, -0.05) is 24.3 Å². The van der Waals surface area contributed by atoms with Crippen molar-refractivity contribution in [3.63, 3.8) is 0 Å². The molecule has 0 bridgehead atoms. The van der Waals surface area contributed by atoms with Gasteiger partial charge < -0.3 is 10.1 Å². The number of methoxy groups -OCH3 is 1. The Labute approximate surface area is 111 Å². The fraction of sp³-hybridized carbons (Fsp3) is 0.200. The van der Waals surface area contributed by atoms with Gasteiger partial charge in [0.25, 0.3) is 5.91 Å². The van der Waals surface area contributed by atoms with Gasteiger partial charge in [0, 0.05) is 5.56 Å². The molecule has 0 saturated carbocycles. The van der Waals surface area contributed by atoms with Gasteiger partial charge in [-0.15, -0.1) is 0 Å². The summed E-state index contributed by atoms with van der Waals surface area (Å²) < 4.78 is 5.00. The number of carbonyl (C=O) groups excluding carboxylic acids is 2. The van der Waals surface area contributed by atoms with Gasteiger partial charge in [-0.2, -0.15) is 0 Å². The second kappa shape index (κ2) is 5.10. The lowest BCUT2D eigenvalue weighted by molar-refractivity contribution is -0.114. The van der Waals surface area contributed by atoms with Gasteiger partial charge in [0.2, 0.25) is 5.78 Å². The lowest BCUT2D eigenvalue weighted by Crippen LogP contribution is -2.44. The first-order chi connectivity index (χ1) is 9.04. The Morgan fingerprint density at radius 2 is 1.95 bits per heavy atom. The van der Waals surface area contributed by atoms with E-state index in [4.69, 9.17) is 4.74 Å². The number of allylic oxidation sites excluding steroid dienone is 1. The molecular formula is C15H15NO3. The van der Waals surface area contributed by atoms with Gasteiger partial charge in [0.15, 0.2) is 5.76 Å². The van der Waals surface area contributed by atoms with Crippen molar-refractivity contribution in [2.45, 2.75) is 12.5 Å². The average Bonchev–Trinajstić information content (AvgIpc) is 2.42. The smallest absolute Gasteiger partial charge is 0.252 e. The Morgan fingerprint density at radius 3 is 2.58 bits per heavy atom. The zero-order valence-electron chi connectivity index (χ0n) is 10.8. The number of hydrogen-bond acceptors (Lipinski definition) is 3. The van der Waals surface area contributed by atoms with Crippen molar-refractivity contribution in [2.75, 3.05) is 7.11 Å². The van der Waals surface area contributed by atoms with Gasteiger partial charge in [-0.25, -0.2) is 0 Å². The van der Waals surface area contributed by atoms with E-state index >= 15 is 0 Å². The Hall–Kier alpha value is -2.36. The first-order valence-corrected chi connectivity index (χ1v) is 5.92. The van der Waals surface area contributed by atoms with Crippen LogP contribution in [0.4, 0.5) is 0 Å². The Balaban J connectivity index is 2.19. The van der Waals surface area contributed by atoms with Crippen molar-refractivity contribution in [2.24, 2.45) is 0 Å². The van der Waals surface area contributed by atoms with E-state index < -0.39 is 5.54 Å². The van der Waals surface area contributed by atoms with Crippen LogP contribution in [-0.4, -0.2) is 24.3 Å². The molecule has 2 rings (SSSR count). The largest absolute Gasteiger partial charge is 0.493 e. The molecular weight excluding hydrogens is 242 g/mol. The van der Waals surface area contributed by atoms with Crippen LogP contribution in [0.5, 0.6) is 0 Å². The standard InChI is InChI=1S/C15H15NO3/c1-15(9-8-12(17)13(10-15)19-2)16-14(18)11-6-4-3-5-7-11/h3-10H,1-2H3,(H,16,18). The molecule has 0 spiro atoms. The van der Waals surface area contributed by atoms with E-state index in [1.54, 1.807) is 43.3 Å². The maximum atomic E-state index is 12.1. The summed E-state index contributed by atoms with van der Waals surface area (Å²) in [6.07, 6.45) is 4.67. The lowest BCUT2D eigenvalue weighted by Gasteiger charge is -2.27. The molecule has 1 aromatic rings. The topological polar surface area (TPSA) is 55.4 Å². The summed E-state index contributed by atoms with van der Waals surface area (Å²) in [7, 11) is 1.43. The minimum atomic E-state index is -0.730. The number of nitrogens with one attached hydrogen (secondary N) is 1. The van der Waals surface area contributed by atoms with Crippen LogP contribution >= 0.6 is 0 Å². The average molecular weight is 257 g/mol. The highest BCUT2D eigenvalue weighted by molar-refractivity contribution is 6.04. The quantitative estimate of drug-likeness (QED) is 0.899. The number of benzene rings is 1. The maximum Gasteiger partial charge on any atom is 0.252 e. The minimum absolute atomic E-state index is 0.200. The molecule has 0 saturated heterocycles. The van der Waals surface area contributed by atoms with Crippen LogP contribution < -0.4 is 5.32 Å². The van der Waals surface area contributed by atoms with Gasteiger partial charge in [-0.05, 0) is 31.2 Å². The molecule has 98 valence electrons. The van der Waals surface area contributed by atoms with E-state index in [9.17, 15) is 9.59 Å². The normalized spacial score (nSPS) is 21.8. The molecule has 0 heterocycles. The van der Waals surface area contributed by atoms with Crippen LogP contribution in [0.2, 0.25) is 0 Å². The summed E-state index contributed by atoms with van der Waals surface area (Å²) in [5.74, 6) is -0.166. The van der Waals surface area contributed by atoms with Crippen LogP contribution in [0.1, 0.15) is 17.3 Å². The van der Waals surface area contributed by atoms with Crippen molar-refractivity contribution in [1.29, 1.82) is 0 Å². The summed E-state index contributed by atoms with van der Waals surface area (Å²) in [5, 5.41) is 2.86. The molecule has 0 radical (unpaired) electrons. The Kier molecular flexibility index (Phi) is 3.51. The van der Waals surface area contributed by atoms with Gasteiger partial charge >= 0.3 is 0 Å². The summed E-state index contributed by atoms with van der Waals surface area (Å²) in [6, 6.07) is 8.91. The molecule has 0 aromatic heterocycles. The molecule has 1 aliphatic carbocycles. The zero-order valence-corrected chi connectivity index (χ0v) is 10.8. The third-order valence-electron chi connectivity index (χ3n) is 2.89. The molecule has 1 amide bonds. The van der Waals surface area contributed by atoms with Gasteiger partial charge in [-0.3, -0.25) is 9.59 Å². The molecule has 1 N–H and O–H groups in total.